The van der Waals surface area contributed by atoms with Gasteiger partial charge in [-0.25, -0.2) is 0 Å². The van der Waals surface area contributed by atoms with Gasteiger partial charge >= 0.3 is 0 Å². The third kappa shape index (κ3) is 4.67. The number of benzene rings is 1. The van der Waals surface area contributed by atoms with Crippen LogP contribution in [0.5, 0.6) is 0 Å². The van der Waals surface area contributed by atoms with E-state index in [2.05, 4.69) is 27.7 Å². The van der Waals surface area contributed by atoms with Crippen molar-refractivity contribution in [3.8, 4) is 0 Å². The van der Waals surface area contributed by atoms with E-state index in [1.54, 1.807) is 12.1 Å². The molecule has 2 amide bonds. The number of likely N-dealkylation sites (N-methyl/N-ethyl adjacent to an activating group) is 1. The molecular weight excluding hydrogens is 334 g/mol. The fourth-order valence-corrected chi connectivity index (χ4v) is 3.47. The van der Waals surface area contributed by atoms with Gasteiger partial charge in [-0.1, -0.05) is 30.3 Å². The summed E-state index contributed by atoms with van der Waals surface area (Å²) in [4.78, 5) is 26.9. The first-order chi connectivity index (χ1) is 12.0. The Morgan fingerprint density at radius 3 is 2.52 bits per heavy atom. The normalized spacial score (nSPS) is 15.0. The van der Waals surface area contributed by atoms with Crippen molar-refractivity contribution in [3.63, 3.8) is 0 Å². The minimum absolute atomic E-state index is 0.0607. The highest BCUT2D eigenvalue weighted by atomic mass is 32.1. The molecule has 25 heavy (non-hydrogen) atoms. The summed E-state index contributed by atoms with van der Waals surface area (Å²) in [5, 5.41) is 6.61. The smallest absolute Gasteiger partial charge is 0.261 e. The summed E-state index contributed by atoms with van der Waals surface area (Å²) in [6.07, 6.45) is 1.94. The summed E-state index contributed by atoms with van der Waals surface area (Å²) in [7, 11) is 4.00. The first kappa shape index (κ1) is 17.6. The van der Waals surface area contributed by atoms with Crippen LogP contribution in [0.2, 0.25) is 0 Å². The fraction of sp³-hybridized carbons (Fsp3) is 0.368. The molecule has 0 unspecified atom stereocenters. The molecule has 5 nitrogen and oxygen atoms in total. The molecule has 1 atom stereocenters. The maximum atomic E-state index is 12.4. The van der Waals surface area contributed by atoms with Gasteiger partial charge in [-0.3, -0.25) is 9.59 Å². The first-order valence-corrected chi connectivity index (χ1v) is 9.26. The number of rotatable bonds is 7. The standard InChI is InChI=1S/C19H23N3O2S/c1-22(2)15(13-6-4-3-5-7-13)12-20-19(24)16-10-11-17(25-16)21-18(23)14-8-9-14/h3-7,10-11,14-15H,8-9,12H2,1-2H3,(H,20,24)(H,21,23)/t15-/m1/s1. The monoisotopic (exact) mass is 357 g/mol. The summed E-state index contributed by atoms with van der Waals surface area (Å²) in [6, 6.07) is 13.8. The van der Waals surface area contributed by atoms with Crippen LogP contribution in [0.3, 0.4) is 0 Å². The van der Waals surface area contributed by atoms with E-state index < -0.39 is 0 Å². The molecule has 0 aliphatic heterocycles. The van der Waals surface area contributed by atoms with E-state index >= 15 is 0 Å². The van der Waals surface area contributed by atoms with Crippen LogP contribution in [0, 0.1) is 5.92 Å². The molecule has 1 heterocycles. The van der Waals surface area contributed by atoms with E-state index in [9.17, 15) is 9.59 Å². The van der Waals surface area contributed by atoms with E-state index in [1.807, 2.05) is 32.3 Å². The van der Waals surface area contributed by atoms with Gasteiger partial charge in [-0.05, 0) is 44.6 Å². The average Bonchev–Trinajstić information content (AvgIpc) is 3.35. The van der Waals surface area contributed by atoms with Crippen LogP contribution in [0.4, 0.5) is 5.00 Å². The lowest BCUT2D eigenvalue weighted by Crippen LogP contribution is -2.34. The van der Waals surface area contributed by atoms with E-state index in [4.69, 9.17) is 0 Å². The van der Waals surface area contributed by atoms with Gasteiger partial charge in [0.1, 0.15) is 0 Å². The molecule has 0 saturated heterocycles. The van der Waals surface area contributed by atoms with Crippen LogP contribution in [-0.4, -0.2) is 37.4 Å². The van der Waals surface area contributed by atoms with Gasteiger partial charge < -0.3 is 15.5 Å². The van der Waals surface area contributed by atoms with Crippen LogP contribution in [0.15, 0.2) is 42.5 Å². The van der Waals surface area contributed by atoms with Crippen LogP contribution in [0.25, 0.3) is 0 Å². The van der Waals surface area contributed by atoms with Gasteiger partial charge in [0.05, 0.1) is 15.9 Å². The number of nitrogens with zero attached hydrogens (tertiary/aromatic N) is 1. The summed E-state index contributed by atoms with van der Waals surface area (Å²) in [5.74, 6) is 0.108. The number of hydrogen-bond acceptors (Lipinski definition) is 4. The van der Waals surface area contributed by atoms with Crippen molar-refractivity contribution in [2.45, 2.75) is 18.9 Å². The van der Waals surface area contributed by atoms with Crippen molar-refractivity contribution >= 4 is 28.2 Å². The quantitative estimate of drug-likeness (QED) is 0.800. The van der Waals surface area contributed by atoms with Gasteiger partial charge in [-0.15, -0.1) is 11.3 Å². The molecule has 0 radical (unpaired) electrons. The number of carbonyl (C=O) groups is 2. The lowest BCUT2D eigenvalue weighted by atomic mass is 10.1. The van der Waals surface area contributed by atoms with Crippen molar-refractivity contribution in [3.05, 3.63) is 52.9 Å². The third-order valence-electron chi connectivity index (χ3n) is 4.29. The van der Waals surface area contributed by atoms with Crippen molar-refractivity contribution in [2.75, 3.05) is 26.0 Å². The Balaban J connectivity index is 1.58. The lowest BCUT2D eigenvalue weighted by Gasteiger charge is -2.25. The van der Waals surface area contributed by atoms with Gasteiger partial charge in [0, 0.05) is 12.5 Å². The Morgan fingerprint density at radius 1 is 1.16 bits per heavy atom. The van der Waals surface area contributed by atoms with Crippen molar-refractivity contribution in [1.82, 2.24) is 10.2 Å². The number of anilines is 1. The Morgan fingerprint density at radius 2 is 1.88 bits per heavy atom. The summed E-state index contributed by atoms with van der Waals surface area (Å²) < 4.78 is 0. The number of carbonyl (C=O) groups excluding carboxylic acids is 2. The third-order valence-corrected chi connectivity index (χ3v) is 5.29. The Labute approximate surface area is 152 Å². The van der Waals surface area contributed by atoms with E-state index in [-0.39, 0.29) is 23.8 Å². The maximum Gasteiger partial charge on any atom is 0.261 e. The summed E-state index contributed by atoms with van der Waals surface area (Å²) in [6.45, 7) is 0.525. The molecule has 0 bridgehead atoms. The molecule has 1 aliphatic carbocycles. The SMILES string of the molecule is CN(C)[C@H](CNC(=O)c1ccc(NC(=O)C2CC2)s1)c1ccccc1. The Kier molecular flexibility index (Phi) is 5.50. The maximum absolute atomic E-state index is 12.4. The van der Waals surface area contributed by atoms with Gasteiger partial charge in [-0.2, -0.15) is 0 Å². The summed E-state index contributed by atoms with van der Waals surface area (Å²) >= 11 is 1.31. The van der Waals surface area contributed by atoms with Crippen molar-refractivity contribution in [1.29, 1.82) is 0 Å². The minimum Gasteiger partial charge on any atom is -0.349 e. The van der Waals surface area contributed by atoms with Crippen molar-refractivity contribution < 1.29 is 9.59 Å². The fourth-order valence-electron chi connectivity index (χ4n) is 2.65. The minimum atomic E-state index is -0.111. The van der Waals surface area contributed by atoms with E-state index in [0.717, 1.165) is 23.4 Å². The Bertz CT molecular complexity index is 738. The molecule has 1 aromatic heterocycles. The van der Waals surface area contributed by atoms with Crippen LogP contribution in [-0.2, 0) is 4.79 Å². The molecule has 2 aromatic rings. The molecule has 3 rings (SSSR count). The second-order valence-corrected chi connectivity index (χ2v) is 7.61. The molecule has 1 aromatic carbocycles. The van der Waals surface area contributed by atoms with Crippen LogP contribution >= 0.6 is 11.3 Å². The summed E-state index contributed by atoms with van der Waals surface area (Å²) in [5.41, 5.74) is 1.16. The van der Waals surface area contributed by atoms with Crippen molar-refractivity contribution in [2.24, 2.45) is 5.92 Å². The highest BCUT2D eigenvalue weighted by Gasteiger charge is 2.29. The highest BCUT2D eigenvalue weighted by molar-refractivity contribution is 7.18. The van der Waals surface area contributed by atoms with E-state index in [0.29, 0.717) is 11.4 Å². The average molecular weight is 357 g/mol. The number of thiophene rings is 1. The van der Waals surface area contributed by atoms with Gasteiger partial charge in [0.15, 0.2) is 0 Å². The Hall–Kier alpha value is -2.18. The van der Waals surface area contributed by atoms with Crippen LogP contribution < -0.4 is 10.6 Å². The second kappa shape index (κ2) is 7.80. The zero-order valence-corrected chi connectivity index (χ0v) is 15.3. The number of amides is 2. The van der Waals surface area contributed by atoms with Gasteiger partial charge in [0.25, 0.3) is 5.91 Å². The first-order valence-electron chi connectivity index (χ1n) is 8.45. The predicted molar refractivity (Wildman–Crippen MR) is 101 cm³/mol. The zero-order valence-electron chi connectivity index (χ0n) is 14.5. The lowest BCUT2D eigenvalue weighted by molar-refractivity contribution is -0.117. The molecule has 1 aliphatic rings. The molecule has 1 fully saturated rings. The highest BCUT2D eigenvalue weighted by Crippen LogP contribution is 2.31. The van der Waals surface area contributed by atoms with E-state index in [1.165, 1.54) is 11.3 Å². The molecule has 6 heteroatoms. The van der Waals surface area contributed by atoms with Gasteiger partial charge in [0.2, 0.25) is 5.91 Å². The molecule has 132 valence electrons. The number of nitrogens with one attached hydrogen (secondary N) is 2. The molecule has 2 N–H and O–H groups in total. The largest absolute Gasteiger partial charge is 0.349 e. The zero-order chi connectivity index (χ0) is 17.8. The second-order valence-electron chi connectivity index (χ2n) is 6.53. The van der Waals surface area contributed by atoms with Crippen LogP contribution in [0.1, 0.15) is 34.1 Å². The predicted octanol–water partition coefficient (Wildman–Crippen LogP) is 3.13. The molecular formula is C19H23N3O2S. The molecule has 1 saturated carbocycles. The topological polar surface area (TPSA) is 61.4 Å². The number of hydrogen-bond donors (Lipinski definition) is 2. The molecule has 0 spiro atoms.